The Morgan fingerprint density at radius 2 is 1.35 bits per heavy atom. The van der Waals surface area contributed by atoms with E-state index in [0.717, 1.165) is 28.8 Å². The highest BCUT2D eigenvalue weighted by Crippen LogP contribution is 2.42. The number of nitrogens with one attached hydrogen (secondary N) is 2. The van der Waals surface area contributed by atoms with Gasteiger partial charge in [-0.2, -0.15) is 5.10 Å². The number of aliphatic hydroxyl groups excluding tert-OH is 1. The number of hydrogen-bond donors (Lipinski definition) is 3. The molecule has 1 amide bonds. The van der Waals surface area contributed by atoms with Gasteiger partial charge in [-0.25, -0.2) is 0 Å². The van der Waals surface area contributed by atoms with E-state index in [0.29, 0.717) is 30.8 Å². The third-order valence-electron chi connectivity index (χ3n) is 6.07. The molecular weight excluding hydrogens is 424 g/mol. The summed E-state index contributed by atoms with van der Waals surface area (Å²) in [4.78, 5) is 11.6. The fraction of sp³-hybridized carbons (Fsp3) is 0.214. The van der Waals surface area contributed by atoms with Crippen LogP contribution in [0.25, 0.3) is 0 Å². The highest BCUT2D eigenvalue weighted by molar-refractivity contribution is 5.82. The van der Waals surface area contributed by atoms with Crippen LogP contribution in [0.2, 0.25) is 0 Å². The molecule has 0 fully saturated rings. The Morgan fingerprint density at radius 1 is 0.853 bits per heavy atom. The molecule has 0 aliphatic carbocycles. The van der Waals surface area contributed by atoms with Crippen molar-refractivity contribution in [3.63, 3.8) is 0 Å². The van der Waals surface area contributed by atoms with Crippen LogP contribution in [0.4, 0.5) is 11.5 Å². The zero-order chi connectivity index (χ0) is 23.8. The van der Waals surface area contributed by atoms with E-state index < -0.39 is 5.54 Å². The highest BCUT2D eigenvalue weighted by Gasteiger charge is 2.38. The molecule has 1 aromatic heterocycles. The summed E-state index contributed by atoms with van der Waals surface area (Å²) in [6.45, 7) is 0.132. The lowest BCUT2D eigenvalue weighted by Crippen LogP contribution is -2.39. The Morgan fingerprint density at radius 3 is 1.79 bits per heavy atom. The molecule has 0 spiro atoms. The van der Waals surface area contributed by atoms with Gasteiger partial charge in [-0.05, 0) is 36.0 Å². The second-order valence-corrected chi connectivity index (χ2v) is 8.21. The number of unbranched alkanes of at least 4 members (excludes halogenated alkanes) is 1. The molecule has 0 radical (unpaired) electrons. The van der Waals surface area contributed by atoms with E-state index >= 15 is 0 Å². The first-order valence-electron chi connectivity index (χ1n) is 11.5. The maximum atomic E-state index is 11.6. The smallest absolute Gasteiger partial charge is 0.211 e. The minimum Gasteiger partial charge on any atom is -0.396 e. The second-order valence-electron chi connectivity index (χ2n) is 8.21. The van der Waals surface area contributed by atoms with E-state index in [4.69, 9.17) is 5.10 Å². The number of rotatable bonds is 11. The van der Waals surface area contributed by atoms with Gasteiger partial charge in [-0.3, -0.25) is 9.48 Å². The summed E-state index contributed by atoms with van der Waals surface area (Å²) in [5.74, 6) is 0.711. The SMILES string of the molecule is Cn1nc(CCCCO)c(NC=O)c1NC(c1ccccc1)(c1ccccc1)c1ccccc1. The normalized spacial score (nSPS) is 11.2. The number of carbonyl (C=O) groups excluding carboxylic acids is 1. The van der Waals surface area contributed by atoms with Crippen LogP contribution in [0.1, 0.15) is 35.2 Å². The predicted molar refractivity (Wildman–Crippen MR) is 136 cm³/mol. The number of amides is 1. The first kappa shape index (κ1) is 23.3. The summed E-state index contributed by atoms with van der Waals surface area (Å²) in [5, 5.41) is 20.6. The molecule has 3 aromatic carbocycles. The van der Waals surface area contributed by atoms with Crippen molar-refractivity contribution < 1.29 is 9.90 Å². The summed E-state index contributed by atoms with van der Waals surface area (Å²) < 4.78 is 1.78. The molecule has 0 aliphatic heterocycles. The van der Waals surface area contributed by atoms with E-state index in [9.17, 15) is 9.90 Å². The quantitative estimate of drug-likeness (QED) is 0.174. The Labute approximate surface area is 200 Å². The van der Waals surface area contributed by atoms with Crippen LogP contribution in [0.5, 0.6) is 0 Å². The van der Waals surface area contributed by atoms with Crippen LogP contribution < -0.4 is 10.6 Å². The van der Waals surface area contributed by atoms with E-state index in [1.807, 2.05) is 61.6 Å². The first-order chi connectivity index (χ1) is 16.7. The largest absolute Gasteiger partial charge is 0.396 e. The molecule has 6 heteroatoms. The molecule has 0 bridgehead atoms. The molecule has 4 aromatic rings. The molecule has 0 aliphatic rings. The predicted octanol–water partition coefficient (Wildman–Crippen LogP) is 4.71. The molecule has 4 rings (SSSR count). The van der Waals surface area contributed by atoms with E-state index in [2.05, 4.69) is 47.0 Å². The van der Waals surface area contributed by atoms with Gasteiger partial charge >= 0.3 is 0 Å². The number of aliphatic hydroxyl groups is 1. The number of hydrogen-bond acceptors (Lipinski definition) is 4. The minimum atomic E-state index is -0.737. The zero-order valence-electron chi connectivity index (χ0n) is 19.3. The lowest BCUT2D eigenvalue weighted by Gasteiger charge is -2.38. The van der Waals surface area contributed by atoms with Crippen LogP contribution in [0.3, 0.4) is 0 Å². The summed E-state index contributed by atoms with van der Waals surface area (Å²) in [6, 6.07) is 30.9. The van der Waals surface area contributed by atoms with Gasteiger partial charge in [0.1, 0.15) is 17.0 Å². The molecule has 0 unspecified atom stereocenters. The molecule has 0 atom stereocenters. The van der Waals surface area contributed by atoms with Gasteiger partial charge in [-0.1, -0.05) is 91.0 Å². The number of aromatic nitrogens is 2. The van der Waals surface area contributed by atoms with Crippen LogP contribution >= 0.6 is 0 Å². The standard InChI is InChI=1S/C28H30N4O2/c1-32-27(26(29-21-34)25(31-32)19-11-12-20-33)30-28(22-13-5-2-6-14-22,23-15-7-3-8-16-23)24-17-9-4-10-18-24/h2-10,13-18,21,30,33H,11-12,19-20H2,1H3,(H,29,34). The summed E-state index contributed by atoms with van der Waals surface area (Å²) in [6.07, 6.45) is 2.80. The number of nitrogens with zero attached hydrogens (tertiary/aromatic N) is 2. The van der Waals surface area contributed by atoms with Crippen molar-refractivity contribution in [1.82, 2.24) is 9.78 Å². The Hall–Kier alpha value is -3.90. The first-order valence-corrected chi connectivity index (χ1v) is 11.5. The van der Waals surface area contributed by atoms with Crippen molar-refractivity contribution in [3.05, 3.63) is 113 Å². The summed E-state index contributed by atoms with van der Waals surface area (Å²) in [7, 11) is 1.87. The van der Waals surface area contributed by atoms with Crippen molar-refractivity contribution in [3.8, 4) is 0 Å². The van der Waals surface area contributed by atoms with Crippen molar-refractivity contribution in [1.29, 1.82) is 0 Å². The van der Waals surface area contributed by atoms with Crippen LogP contribution in [-0.2, 0) is 23.8 Å². The monoisotopic (exact) mass is 454 g/mol. The van der Waals surface area contributed by atoms with Gasteiger partial charge in [0, 0.05) is 13.7 Å². The third-order valence-corrected chi connectivity index (χ3v) is 6.07. The van der Waals surface area contributed by atoms with Crippen molar-refractivity contribution in [2.24, 2.45) is 7.05 Å². The lowest BCUT2D eigenvalue weighted by atomic mass is 9.77. The maximum absolute atomic E-state index is 11.6. The summed E-state index contributed by atoms with van der Waals surface area (Å²) in [5.41, 5.74) is 3.89. The van der Waals surface area contributed by atoms with E-state index in [1.165, 1.54) is 0 Å². The molecule has 0 saturated carbocycles. The molecule has 34 heavy (non-hydrogen) atoms. The zero-order valence-corrected chi connectivity index (χ0v) is 19.3. The Balaban J connectivity index is 1.94. The number of carbonyl (C=O) groups is 1. The fourth-order valence-electron chi connectivity index (χ4n) is 4.47. The average molecular weight is 455 g/mol. The van der Waals surface area contributed by atoms with Crippen LogP contribution in [0, 0.1) is 0 Å². The molecule has 1 heterocycles. The third kappa shape index (κ3) is 4.58. The van der Waals surface area contributed by atoms with Crippen molar-refractivity contribution in [2.75, 3.05) is 17.2 Å². The molecule has 6 nitrogen and oxygen atoms in total. The second kappa shape index (κ2) is 10.8. The number of aryl methyl sites for hydroxylation is 2. The van der Waals surface area contributed by atoms with Gasteiger partial charge in [0.25, 0.3) is 0 Å². The van der Waals surface area contributed by atoms with Crippen LogP contribution in [-0.4, -0.2) is 27.9 Å². The van der Waals surface area contributed by atoms with Gasteiger partial charge < -0.3 is 15.7 Å². The number of anilines is 2. The number of benzene rings is 3. The van der Waals surface area contributed by atoms with Gasteiger partial charge in [-0.15, -0.1) is 0 Å². The van der Waals surface area contributed by atoms with E-state index in [1.54, 1.807) is 4.68 Å². The molecule has 3 N–H and O–H groups in total. The Bertz CT molecular complexity index is 1090. The topological polar surface area (TPSA) is 79.2 Å². The van der Waals surface area contributed by atoms with Crippen molar-refractivity contribution >= 4 is 17.9 Å². The molecular formula is C28H30N4O2. The van der Waals surface area contributed by atoms with Gasteiger partial charge in [0.05, 0.1) is 5.69 Å². The minimum absolute atomic E-state index is 0.132. The fourth-order valence-corrected chi connectivity index (χ4v) is 4.47. The highest BCUT2D eigenvalue weighted by atomic mass is 16.2. The van der Waals surface area contributed by atoms with Crippen molar-refractivity contribution in [2.45, 2.75) is 24.8 Å². The summed E-state index contributed by atoms with van der Waals surface area (Å²) >= 11 is 0. The van der Waals surface area contributed by atoms with Gasteiger partial charge in [0.15, 0.2) is 0 Å². The van der Waals surface area contributed by atoms with Crippen LogP contribution in [0.15, 0.2) is 91.0 Å². The average Bonchev–Trinajstić information content (AvgIpc) is 3.18. The lowest BCUT2D eigenvalue weighted by molar-refractivity contribution is -0.105. The molecule has 0 saturated heterocycles. The maximum Gasteiger partial charge on any atom is 0.211 e. The Kier molecular flexibility index (Phi) is 7.40. The molecule has 174 valence electrons. The van der Waals surface area contributed by atoms with E-state index in [-0.39, 0.29) is 6.61 Å². The van der Waals surface area contributed by atoms with Gasteiger partial charge in [0.2, 0.25) is 6.41 Å².